The Balaban J connectivity index is 1.77. The monoisotopic (exact) mass is 351 g/mol. The third-order valence-corrected chi connectivity index (χ3v) is 6.37. The Morgan fingerprint density at radius 1 is 1.25 bits per heavy atom. The molecule has 1 saturated heterocycles. The van der Waals surface area contributed by atoms with Crippen LogP contribution in [0.5, 0.6) is 0 Å². The number of amides is 1. The number of fused-ring (bicyclic) bond motifs is 1. The van der Waals surface area contributed by atoms with Crippen LogP contribution in [-0.4, -0.2) is 51.4 Å². The van der Waals surface area contributed by atoms with Crippen LogP contribution in [0.2, 0.25) is 0 Å². The zero-order valence-corrected chi connectivity index (χ0v) is 14.9. The van der Waals surface area contributed by atoms with Crippen molar-refractivity contribution >= 4 is 15.9 Å². The Kier molecular flexibility index (Phi) is 5.22. The average Bonchev–Trinajstić information content (AvgIpc) is 2.77. The maximum atomic E-state index is 12.6. The highest BCUT2D eigenvalue weighted by Crippen LogP contribution is 2.21. The lowest BCUT2D eigenvalue weighted by atomic mass is 10.0. The van der Waals surface area contributed by atoms with Gasteiger partial charge in [-0.3, -0.25) is 4.79 Å². The Morgan fingerprint density at radius 3 is 2.67 bits per heavy atom. The summed E-state index contributed by atoms with van der Waals surface area (Å²) in [5.41, 5.74) is 2.17. The van der Waals surface area contributed by atoms with E-state index in [-0.39, 0.29) is 11.9 Å². The minimum Gasteiger partial charge on any atom is -0.342 e. The molecule has 0 radical (unpaired) electrons. The molecule has 1 aromatic carbocycles. The van der Waals surface area contributed by atoms with Gasteiger partial charge < -0.3 is 10.2 Å². The highest BCUT2D eigenvalue weighted by molar-refractivity contribution is 7.89. The van der Waals surface area contributed by atoms with Crippen molar-refractivity contribution in [2.24, 2.45) is 0 Å². The minimum absolute atomic E-state index is 0.0456. The fourth-order valence-corrected chi connectivity index (χ4v) is 4.74. The van der Waals surface area contributed by atoms with E-state index in [0.29, 0.717) is 31.0 Å². The van der Waals surface area contributed by atoms with Crippen LogP contribution in [0.1, 0.15) is 30.9 Å². The van der Waals surface area contributed by atoms with Crippen LogP contribution in [0.15, 0.2) is 23.1 Å². The van der Waals surface area contributed by atoms with E-state index < -0.39 is 10.0 Å². The van der Waals surface area contributed by atoms with Crippen molar-refractivity contribution in [2.75, 3.05) is 26.2 Å². The SMILES string of the molecule is CC(=O)N1CCc2ccc(S(=O)(=O)N[C@@H]3CCCNC3)cc2CC1. The van der Waals surface area contributed by atoms with Gasteiger partial charge in [0.1, 0.15) is 0 Å². The van der Waals surface area contributed by atoms with Crippen molar-refractivity contribution in [2.45, 2.75) is 43.5 Å². The van der Waals surface area contributed by atoms with E-state index in [0.717, 1.165) is 36.9 Å². The smallest absolute Gasteiger partial charge is 0.240 e. The first-order chi connectivity index (χ1) is 11.5. The summed E-state index contributed by atoms with van der Waals surface area (Å²) in [6.45, 7) is 4.54. The van der Waals surface area contributed by atoms with Crippen LogP contribution in [0.3, 0.4) is 0 Å². The maximum absolute atomic E-state index is 12.6. The van der Waals surface area contributed by atoms with Gasteiger partial charge in [0.15, 0.2) is 0 Å². The van der Waals surface area contributed by atoms with Gasteiger partial charge in [0, 0.05) is 32.6 Å². The molecule has 2 heterocycles. The third kappa shape index (κ3) is 3.96. The molecule has 2 aliphatic heterocycles. The summed E-state index contributed by atoms with van der Waals surface area (Å²) in [5.74, 6) is 0.0714. The van der Waals surface area contributed by atoms with Gasteiger partial charge >= 0.3 is 0 Å². The Morgan fingerprint density at radius 2 is 2.00 bits per heavy atom. The molecule has 6 nitrogen and oxygen atoms in total. The van der Waals surface area contributed by atoms with E-state index in [4.69, 9.17) is 0 Å². The third-order valence-electron chi connectivity index (χ3n) is 4.85. The van der Waals surface area contributed by atoms with Crippen molar-refractivity contribution in [3.63, 3.8) is 0 Å². The van der Waals surface area contributed by atoms with Crippen LogP contribution in [0.4, 0.5) is 0 Å². The predicted octanol–water partition coefficient (Wildman–Crippen LogP) is 0.664. The Bertz CT molecular complexity index is 712. The lowest BCUT2D eigenvalue weighted by Gasteiger charge is -2.23. The average molecular weight is 351 g/mol. The second-order valence-corrected chi connectivity index (χ2v) is 8.32. The molecule has 0 unspecified atom stereocenters. The first kappa shape index (κ1) is 17.4. The molecule has 1 amide bonds. The maximum Gasteiger partial charge on any atom is 0.240 e. The zero-order valence-electron chi connectivity index (χ0n) is 14.0. The molecule has 24 heavy (non-hydrogen) atoms. The van der Waals surface area contributed by atoms with E-state index >= 15 is 0 Å². The second kappa shape index (κ2) is 7.21. The molecule has 2 N–H and O–H groups in total. The molecule has 0 spiro atoms. The highest BCUT2D eigenvalue weighted by Gasteiger charge is 2.23. The van der Waals surface area contributed by atoms with E-state index in [9.17, 15) is 13.2 Å². The van der Waals surface area contributed by atoms with Crippen molar-refractivity contribution in [3.05, 3.63) is 29.3 Å². The Hall–Kier alpha value is -1.44. The molecular weight excluding hydrogens is 326 g/mol. The molecule has 0 bridgehead atoms. The number of piperidine rings is 1. The van der Waals surface area contributed by atoms with Gasteiger partial charge in [0.2, 0.25) is 15.9 Å². The predicted molar refractivity (Wildman–Crippen MR) is 92.3 cm³/mol. The summed E-state index contributed by atoms with van der Waals surface area (Å²) >= 11 is 0. The molecule has 1 fully saturated rings. The normalized spacial score (nSPS) is 21.9. The number of nitrogens with one attached hydrogen (secondary N) is 2. The zero-order chi connectivity index (χ0) is 17.2. The standard InChI is InChI=1S/C17H25N3O3S/c1-13(21)20-9-6-14-4-5-17(11-15(14)7-10-20)24(22,23)19-16-3-2-8-18-12-16/h4-5,11,16,18-19H,2-3,6-10,12H2,1H3/t16-/m1/s1. The van der Waals surface area contributed by atoms with Crippen LogP contribution >= 0.6 is 0 Å². The number of carbonyl (C=O) groups excluding carboxylic acids is 1. The number of benzene rings is 1. The van der Waals surface area contributed by atoms with Crippen LogP contribution in [-0.2, 0) is 27.7 Å². The van der Waals surface area contributed by atoms with Gasteiger partial charge in [0.25, 0.3) is 0 Å². The number of nitrogens with zero attached hydrogens (tertiary/aromatic N) is 1. The van der Waals surface area contributed by atoms with E-state index in [1.807, 2.05) is 11.0 Å². The summed E-state index contributed by atoms with van der Waals surface area (Å²) in [6.07, 6.45) is 3.32. The van der Waals surface area contributed by atoms with E-state index in [1.54, 1.807) is 19.1 Å². The van der Waals surface area contributed by atoms with E-state index in [2.05, 4.69) is 10.0 Å². The largest absolute Gasteiger partial charge is 0.342 e. The fraction of sp³-hybridized carbons (Fsp3) is 0.588. The highest BCUT2D eigenvalue weighted by atomic mass is 32.2. The molecule has 1 atom stereocenters. The summed E-state index contributed by atoms with van der Waals surface area (Å²) in [6, 6.07) is 5.31. The van der Waals surface area contributed by atoms with Gasteiger partial charge in [-0.05, 0) is 55.5 Å². The van der Waals surface area contributed by atoms with Crippen molar-refractivity contribution in [1.29, 1.82) is 0 Å². The van der Waals surface area contributed by atoms with Gasteiger partial charge in [0.05, 0.1) is 4.90 Å². The van der Waals surface area contributed by atoms with Gasteiger partial charge in [-0.2, -0.15) is 0 Å². The first-order valence-electron chi connectivity index (χ1n) is 8.56. The summed E-state index contributed by atoms with van der Waals surface area (Å²) < 4.78 is 28.1. The number of hydrogen-bond acceptors (Lipinski definition) is 4. The lowest BCUT2D eigenvalue weighted by Crippen LogP contribution is -2.45. The summed E-state index contributed by atoms with van der Waals surface area (Å²) in [4.78, 5) is 13.7. The Labute approximate surface area is 143 Å². The van der Waals surface area contributed by atoms with Crippen molar-refractivity contribution in [1.82, 2.24) is 14.9 Å². The molecule has 7 heteroatoms. The topological polar surface area (TPSA) is 78.5 Å². The molecule has 2 aliphatic rings. The molecule has 0 aromatic heterocycles. The summed E-state index contributed by atoms with van der Waals surface area (Å²) in [5, 5.41) is 3.22. The second-order valence-electron chi connectivity index (χ2n) is 6.60. The molecule has 1 aromatic rings. The number of rotatable bonds is 3. The van der Waals surface area contributed by atoms with Gasteiger partial charge in [-0.1, -0.05) is 6.07 Å². The minimum atomic E-state index is -3.51. The lowest BCUT2D eigenvalue weighted by molar-refractivity contribution is -0.128. The number of carbonyl (C=O) groups is 1. The molecule has 0 saturated carbocycles. The number of sulfonamides is 1. The van der Waals surface area contributed by atoms with Crippen LogP contribution in [0.25, 0.3) is 0 Å². The van der Waals surface area contributed by atoms with Crippen molar-refractivity contribution < 1.29 is 13.2 Å². The fourth-order valence-electron chi connectivity index (χ4n) is 3.42. The van der Waals surface area contributed by atoms with Gasteiger partial charge in [-0.15, -0.1) is 0 Å². The van der Waals surface area contributed by atoms with E-state index in [1.165, 1.54) is 0 Å². The van der Waals surface area contributed by atoms with Crippen LogP contribution in [0, 0.1) is 0 Å². The molecule has 0 aliphatic carbocycles. The first-order valence-corrected chi connectivity index (χ1v) is 10.0. The van der Waals surface area contributed by atoms with Gasteiger partial charge in [-0.25, -0.2) is 13.1 Å². The quantitative estimate of drug-likeness (QED) is 0.839. The number of hydrogen-bond donors (Lipinski definition) is 2. The van der Waals surface area contributed by atoms with Crippen LogP contribution < -0.4 is 10.0 Å². The molecular formula is C17H25N3O3S. The summed E-state index contributed by atoms with van der Waals surface area (Å²) in [7, 11) is -3.51. The molecule has 132 valence electrons. The van der Waals surface area contributed by atoms with Crippen molar-refractivity contribution in [3.8, 4) is 0 Å². The molecule has 3 rings (SSSR count).